The molecule has 4 heteroatoms. The van der Waals surface area contributed by atoms with Gasteiger partial charge in [0.25, 0.3) is 0 Å². The first-order valence-corrected chi connectivity index (χ1v) is 6.09. The fourth-order valence-corrected chi connectivity index (χ4v) is 3.31. The molecule has 2 unspecified atom stereocenters. The largest absolute Gasteiger partial charge is 0.389 e. The van der Waals surface area contributed by atoms with Crippen LogP contribution in [0.25, 0.3) is 0 Å². The summed E-state index contributed by atoms with van der Waals surface area (Å²) < 4.78 is 1.80. The van der Waals surface area contributed by atoms with Crippen LogP contribution in [0.3, 0.4) is 0 Å². The first-order valence-electron chi connectivity index (χ1n) is 6.09. The van der Waals surface area contributed by atoms with E-state index in [-0.39, 0.29) is 0 Å². The topological polar surface area (TPSA) is 50.1 Å². The number of piperidine rings is 1. The number of rotatable bonds is 2. The van der Waals surface area contributed by atoms with E-state index in [0.29, 0.717) is 12.1 Å². The first-order chi connectivity index (χ1) is 7.63. The van der Waals surface area contributed by atoms with Gasteiger partial charge in [-0.1, -0.05) is 0 Å². The van der Waals surface area contributed by atoms with Gasteiger partial charge >= 0.3 is 0 Å². The van der Waals surface area contributed by atoms with Gasteiger partial charge in [-0.2, -0.15) is 5.10 Å². The van der Waals surface area contributed by atoms with Crippen LogP contribution >= 0.6 is 0 Å². The van der Waals surface area contributed by atoms with Gasteiger partial charge < -0.3 is 10.4 Å². The normalized spacial score (nSPS) is 37.9. The molecule has 3 heterocycles. The van der Waals surface area contributed by atoms with Gasteiger partial charge in [0.1, 0.15) is 0 Å². The molecule has 0 amide bonds. The van der Waals surface area contributed by atoms with E-state index in [2.05, 4.69) is 10.4 Å². The first kappa shape index (κ1) is 10.3. The van der Waals surface area contributed by atoms with Gasteiger partial charge in [0.15, 0.2) is 0 Å². The summed E-state index contributed by atoms with van der Waals surface area (Å²) >= 11 is 0. The monoisotopic (exact) mass is 221 g/mol. The third-order valence-corrected chi connectivity index (χ3v) is 3.88. The van der Waals surface area contributed by atoms with E-state index in [4.69, 9.17) is 0 Å². The van der Waals surface area contributed by atoms with Crippen LogP contribution in [-0.4, -0.2) is 32.6 Å². The predicted octanol–water partition coefficient (Wildman–Crippen LogP) is 0.608. The summed E-state index contributed by atoms with van der Waals surface area (Å²) in [6.07, 6.45) is 8.83. The van der Waals surface area contributed by atoms with Gasteiger partial charge in [-0.3, -0.25) is 4.68 Å². The molecule has 1 aromatic heterocycles. The van der Waals surface area contributed by atoms with E-state index in [9.17, 15) is 5.11 Å². The molecule has 2 aliphatic rings. The van der Waals surface area contributed by atoms with Crippen LogP contribution in [-0.2, 0) is 13.5 Å². The molecule has 2 fully saturated rings. The molecule has 2 saturated heterocycles. The van der Waals surface area contributed by atoms with Crippen LogP contribution in [0.1, 0.15) is 31.2 Å². The Morgan fingerprint density at radius 1 is 1.50 bits per heavy atom. The summed E-state index contributed by atoms with van der Waals surface area (Å²) in [5, 5.41) is 18.4. The molecule has 2 atom stereocenters. The second-order valence-corrected chi connectivity index (χ2v) is 5.47. The fourth-order valence-electron chi connectivity index (χ4n) is 3.31. The van der Waals surface area contributed by atoms with Gasteiger partial charge in [-0.25, -0.2) is 0 Å². The Kier molecular flexibility index (Phi) is 2.30. The average Bonchev–Trinajstić information content (AvgIpc) is 2.73. The molecular weight excluding hydrogens is 202 g/mol. The number of nitrogens with zero attached hydrogens (tertiary/aromatic N) is 2. The zero-order valence-corrected chi connectivity index (χ0v) is 9.69. The molecule has 0 radical (unpaired) electrons. The third kappa shape index (κ3) is 1.87. The van der Waals surface area contributed by atoms with Gasteiger partial charge in [-0.05, 0) is 31.2 Å². The lowest BCUT2D eigenvalue weighted by Crippen LogP contribution is -2.49. The molecule has 2 aliphatic heterocycles. The SMILES string of the molecule is Cn1cc(CC2(O)CC3CCC(C2)N3)cn1. The van der Waals surface area contributed by atoms with Crippen LogP contribution in [0.4, 0.5) is 0 Å². The minimum Gasteiger partial charge on any atom is -0.389 e. The van der Waals surface area contributed by atoms with Crippen molar-refractivity contribution in [2.45, 2.75) is 49.8 Å². The van der Waals surface area contributed by atoms with Crippen molar-refractivity contribution in [1.29, 1.82) is 0 Å². The molecule has 0 saturated carbocycles. The Morgan fingerprint density at radius 3 is 2.75 bits per heavy atom. The van der Waals surface area contributed by atoms with Gasteiger partial charge in [0, 0.05) is 31.7 Å². The molecule has 88 valence electrons. The summed E-state index contributed by atoms with van der Waals surface area (Å²) in [5.41, 5.74) is 0.631. The number of aryl methyl sites for hydroxylation is 1. The van der Waals surface area contributed by atoms with Crippen molar-refractivity contribution in [3.05, 3.63) is 18.0 Å². The lowest BCUT2D eigenvalue weighted by molar-refractivity contribution is -0.00609. The number of nitrogens with one attached hydrogen (secondary N) is 1. The highest BCUT2D eigenvalue weighted by Gasteiger charge is 2.42. The highest BCUT2D eigenvalue weighted by Crippen LogP contribution is 2.35. The average molecular weight is 221 g/mol. The maximum absolute atomic E-state index is 10.6. The maximum atomic E-state index is 10.6. The smallest absolute Gasteiger partial charge is 0.0718 e. The van der Waals surface area contributed by atoms with Crippen LogP contribution in [0.2, 0.25) is 0 Å². The number of aromatic nitrogens is 2. The minimum absolute atomic E-state index is 0.514. The minimum atomic E-state index is -0.514. The molecule has 0 spiro atoms. The van der Waals surface area contributed by atoms with Crippen molar-refractivity contribution in [2.75, 3.05) is 0 Å². The summed E-state index contributed by atoms with van der Waals surface area (Å²) in [4.78, 5) is 0. The Balaban J connectivity index is 1.74. The lowest BCUT2D eigenvalue weighted by atomic mass is 9.83. The van der Waals surface area contributed by atoms with Crippen molar-refractivity contribution >= 4 is 0 Å². The van der Waals surface area contributed by atoms with E-state index < -0.39 is 5.60 Å². The van der Waals surface area contributed by atoms with E-state index in [0.717, 1.165) is 24.8 Å². The van der Waals surface area contributed by atoms with Crippen LogP contribution in [0, 0.1) is 0 Å². The van der Waals surface area contributed by atoms with Crippen molar-refractivity contribution in [3.63, 3.8) is 0 Å². The Morgan fingerprint density at radius 2 is 2.19 bits per heavy atom. The van der Waals surface area contributed by atoms with E-state index >= 15 is 0 Å². The summed E-state index contributed by atoms with van der Waals surface area (Å²) in [5.74, 6) is 0. The number of aliphatic hydroxyl groups is 1. The molecule has 2 bridgehead atoms. The molecule has 0 aromatic carbocycles. The number of fused-ring (bicyclic) bond motifs is 2. The van der Waals surface area contributed by atoms with Crippen molar-refractivity contribution in [3.8, 4) is 0 Å². The summed E-state index contributed by atoms with van der Waals surface area (Å²) in [7, 11) is 1.92. The highest BCUT2D eigenvalue weighted by molar-refractivity contribution is 5.11. The van der Waals surface area contributed by atoms with Crippen molar-refractivity contribution < 1.29 is 5.11 Å². The van der Waals surface area contributed by atoms with Gasteiger partial charge in [0.2, 0.25) is 0 Å². The highest BCUT2D eigenvalue weighted by atomic mass is 16.3. The molecule has 2 N–H and O–H groups in total. The van der Waals surface area contributed by atoms with E-state index in [1.165, 1.54) is 12.8 Å². The number of hydrogen-bond acceptors (Lipinski definition) is 3. The van der Waals surface area contributed by atoms with Gasteiger partial charge in [-0.15, -0.1) is 0 Å². The Bertz CT molecular complexity index is 375. The van der Waals surface area contributed by atoms with Crippen molar-refractivity contribution in [1.82, 2.24) is 15.1 Å². The predicted molar refractivity (Wildman–Crippen MR) is 61.0 cm³/mol. The Hall–Kier alpha value is -0.870. The van der Waals surface area contributed by atoms with E-state index in [1.807, 2.05) is 19.4 Å². The van der Waals surface area contributed by atoms with Crippen LogP contribution < -0.4 is 5.32 Å². The van der Waals surface area contributed by atoms with Crippen LogP contribution in [0.15, 0.2) is 12.4 Å². The van der Waals surface area contributed by atoms with Crippen LogP contribution in [0.5, 0.6) is 0 Å². The number of hydrogen-bond donors (Lipinski definition) is 2. The fraction of sp³-hybridized carbons (Fsp3) is 0.750. The molecule has 3 rings (SSSR count). The molecular formula is C12H19N3O. The molecule has 0 aliphatic carbocycles. The molecule has 4 nitrogen and oxygen atoms in total. The van der Waals surface area contributed by atoms with Crippen molar-refractivity contribution in [2.24, 2.45) is 7.05 Å². The molecule has 16 heavy (non-hydrogen) atoms. The summed E-state index contributed by atoms with van der Waals surface area (Å²) in [6, 6.07) is 1.06. The van der Waals surface area contributed by atoms with Gasteiger partial charge in [0.05, 0.1) is 11.8 Å². The second-order valence-electron chi connectivity index (χ2n) is 5.47. The second kappa shape index (κ2) is 3.57. The van der Waals surface area contributed by atoms with E-state index in [1.54, 1.807) is 4.68 Å². The summed E-state index contributed by atoms with van der Waals surface area (Å²) in [6.45, 7) is 0. The molecule has 1 aromatic rings. The standard InChI is InChI=1S/C12H19N3O/c1-15-8-9(7-13-15)4-12(16)5-10-2-3-11(6-12)14-10/h7-8,10-11,14,16H,2-6H2,1H3. The zero-order chi connectivity index (χ0) is 11.2. The third-order valence-electron chi connectivity index (χ3n) is 3.88. The lowest BCUT2D eigenvalue weighted by Gasteiger charge is -2.37. The Labute approximate surface area is 95.7 Å². The maximum Gasteiger partial charge on any atom is 0.0718 e. The zero-order valence-electron chi connectivity index (χ0n) is 9.69. The quantitative estimate of drug-likeness (QED) is 0.769.